The summed E-state index contributed by atoms with van der Waals surface area (Å²) in [5.74, 6) is 0.298. The molecule has 0 bridgehead atoms. The molecule has 6 heteroatoms. The Morgan fingerprint density at radius 3 is 3.18 bits per heavy atom. The van der Waals surface area contributed by atoms with Crippen LogP contribution in [0.2, 0.25) is 0 Å². The van der Waals surface area contributed by atoms with Crippen molar-refractivity contribution in [2.45, 2.75) is 0 Å². The van der Waals surface area contributed by atoms with Crippen LogP contribution in [0.4, 0.5) is 0 Å². The van der Waals surface area contributed by atoms with Crippen LogP contribution in [0.5, 0.6) is 0 Å². The summed E-state index contributed by atoms with van der Waals surface area (Å²) in [7, 11) is 1.36. The molecule has 1 rings (SSSR count). The van der Waals surface area contributed by atoms with Gasteiger partial charge in [-0.25, -0.2) is 4.98 Å². The highest BCUT2D eigenvalue weighted by atomic mass is 32.1. The quantitative estimate of drug-likeness (QED) is 0.367. The highest BCUT2D eigenvalue weighted by molar-refractivity contribution is 7.03. The number of carbonyl (C=O) groups is 1. The Bertz CT molecular complexity index is 257. The topological polar surface area (TPSA) is 64.4 Å². The molecule has 0 aromatic carbocycles. The number of aromatic nitrogens is 2. The van der Waals surface area contributed by atoms with Gasteiger partial charge in [-0.15, -0.1) is 0 Å². The maximum Gasteiger partial charge on any atom is 0.198 e. The van der Waals surface area contributed by atoms with Crippen molar-refractivity contribution in [2.24, 2.45) is 5.16 Å². The third-order valence-corrected chi connectivity index (χ3v) is 1.37. The van der Waals surface area contributed by atoms with Crippen molar-refractivity contribution in [1.82, 2.24) is 9.36 Å². The standard InChI is InChI=1S/C5H5N3O2S/c1-10-7-4(2-9)5-6-3-11-8-5/h2-3H,1H3/b7-4+. The second-order valence-corrected chi connectivity index (χ2v) is 2.14. The Hall–Kier alpha value is -1.30. The van der Waals surface area contributed by atoms with Gasteiger partial charge in [-0.2, -0.15) is 4.37 Å². The van der Waals surface area contributed by atoms with E-state index in [0.29, 0.717) is 12.1 Å². The van der Waals surface area contributed by atoms with Gasteiger partial charge in [0.1, 0.15) is 12.6 Å². The molecule has 0 fully saturated rings. The van der Waals surface area contributed by atoms with Crippen molar-refractivity contribution in [1.29, 1.82) is 0 Å². The summed E-state index contributed by atoms with van der Waals surface area (Å²) in [6.45, 7) is 0. The molecule has 0 radical (unpaired) electrons. The highest BCUT2D eigenvalue weighted by Crippen LogP contribution is 1.95. The molecule has 0 aliphatic heterocycles. The second-order valence-electron chi connectivity index (χ2n) is 1.53. The van der Waals surface area contributed by atoms with Crippen LogP contribution < -0.4 is 0 Å². The van der Waals surface area contributed by atoms with E-state index in [-0.39, 0.29) is 5.71 Å². The predicted octanol–water partition coefficient (Wildman–Crippen LogP) is 0.0875. The maximum atomic E-state index is 10.3. The molecule has 0 atom stereocenters. The summed E-state index contributed by atoms with van der Waals surface area (Å²) < 4.78 is 3.79. The Balaban J connectivity index is 2.88. The van der Waals surface area contributed by atoms with E-state index < -0.39 is 0 Å². The number of oxime groups is 1. The van der Waals surface area contributed by atoms with E-state index >= 15 is 0 Å². The summed E-state index contributed by atoms with van der Waals surface area (Å²) in [5, 5.41) is 3.42. The first-order valence-electron chi connectivity index (χ1n) is 2.71. The minimum atomic E-state index is 0.105. The summed E-state index contributed by atoms with van der Waals surface area (Å²) in [4.78, 5) is 18.5. The first-order valence-corrected chi connectivity index (χ1v) is 3.55. The molecule has 0 saturated carbocycles. The van der Waals surface area contributed by atoms with Crippen molar-refractivity contribution >= 4 is 23.5 Å². The molecule has 0 N–H and O–H groups in total. The third-order valence-electron chi connectivity index (χ3n) is 0.892. The van der Waals surface area contributed by atoms with E-state index in [2.05, 4.69) is 19.4 Å². The van der Waals surface area contributed by atoms with Gasteiger partial charge >= 0.3 is 0 Å². The van der Waals surface area contributed by atoms with Crippen molar-refractivity contribution in [3.8, 4) is 0 Å². The summed E-state index contributed by atoms with van der Waals surface area (Å²) >= 11 is 1.15. The minimum Gasteiger partial charge on any atom is -0.398 e. The lowest BCUT2D eigenvalue weighted by atomic mass is 10.4. The Morgan fingerprint density at radius 1 is 1.91 bits per heavy atom. The lowest BCUT2D eigenvalue weighted by Gasteiger charge is -1.88. The van der Waals surface area contributed by atoms with Gasteiger partial charge in [0.2, 0.25) is 0 Å². The minimum absolute atomic E-state index is 0.105. The molecule has 1 heterocycles. The summed E-state index contributed by atoms with van der Waals surface area (Å²) in [6, 6.07) is 0. The first kappa shape index (κ1) is 7.80. The molecule has 0 spiro atoms. The van der Waals surface area contributed by atoms with Crippen molar-refractivity contribution < 1.29 is 9.63 Å². The third kappa shape index (κ3) is 1.81. The van der Waals surface area contributed by atoms with Gasteiger partial charge in [0.15, 0.2) is 17.8 Å². The molecule has 0 saturated heterocycles. The zero-order chi connectivity index (χ0) is 8.10. The van der Waals surface area contributed by atoms with Crippen LogP contribution in [0, 0.1) is 0 Å². The molecule has 1 aromatic heterocycles. The lowest BCUT2D eigenvalue weighted by molar-refractivity contribution is -0.102. The predicted molar refractivity (Wildman–Crippen MR) is 39.5 cm³/mol. The zero-order valence-corrected chi connectivity index (χ0v) is 6.54. The van der Waals surface area contributed by atoms with Crippen LogP contribution in [0.25, 0.3) is 0 Å². The van der Waals surface area contributed by atoms with Crippen LogP contribution in [0.15, 0.2) is 10.7 Å². The van der Waals surface area contributed by atoms with Crippen molar-refractivity contribution in [3.63, 3.8) is 0 Å². The zero-order valence-electron chi connectivity index (χ0n) is 5.72. The van der Waals surface area contributed by atoms with Crippen LogP contribution in [-0.2, 0) is 9.63 Å². The van der Waals surface area contributed by atoms with Crippen molar-refractivity contribution in [2.75, 3.05) is 7.11 Å². The Morgan fingerprint density at radius 2 is 2.73 bits per heavy atom. The van der Waals surface area contributed by atoms with Crippen LogP contribution in [0.3, 0.4) is 0 Å². The second kappa shape index (κ2) is 3.77. The monoisotopic (exact) mass is 171 g/mol. The molecule has 0 aliphatic rings. The molecule has 0 amide bonds. The fourth-order valence-electron chi connectivity index (χ4n) is 0.497. The molecule has 1 aromatic rings. The molecule has 11 heavy (non-hydrogen) atoms. The van der Waals surface area contributed by atoms with Gasteiger partial charge in [0.05, 0.1) is 0 Å². The molecule has 58 valence electrons. The van der Waals surface area contributed by atoms with E-state index in [1.807, 2.05) is 0 Å². The van der Waals surface area contributed by atoms with Crippen LogP contribution >= 0.6 is 11.5 Å². The van der Waals surface area contributed by atoms with E-state index in [9.17, 15) is 4.79 Å². The number of carbonyl (C=O) groups excluding carboxylic acids is 1. The molecular formula is C5H5N3O2S. The van der Waals surface area contributed by atoms with Gasteiger partial charge in [0.25, 0.3) is 0 Å². The molecule has 0 unspecified atom stereocenters. The lowest BCUT2D eigenvalue weighted by Crippen LogP contribution is -2.04. The smallest absolute Gasteiger partial charge is 0.198 e. The van der Waals surface area contributed by atoms with E-state index in [0.717, 1.165) is 11.5 Å². The maximum absolute atomic E-state index is 10.3. The molecule has 5 nitrogen and oxygen atoms in total. The highest BCUT2D eigenvalue weighted by Gasteiger charge is 2.05. The first-order chi connectivity index (χ1) is 5.38. The molecular weight excluding hydrogens is 166 g/mol. The van der Waals surface area contributed by atoms with Gasteiger partial charge in [-0.3, -0.25) is 4.79 Å². The van der Waals surface area contributed by atoms with E-state index in [1.165, 1.54) is 12.6 Å². The average Bonchev–Trinajstić information content (AvgIpc) is 2.52. The van der Waals surface area contributed by atoms with E-state index in [4.69, 9.17) is 0 Å². The number of hydrogen-bond acceptors (Lipinski definition) is 6. The fraction of sp³-hybridized carbons (Fsp3) is 0.200. The fourth-order valence-corrected chi connectivity index (χ4v) is 0.931. The number of nitrogens with zero attached hydrogens (tertiary/aromatic N) is 3. The summed E-state index contributed by atoms with van der Waals surface area (Å²) in [6.07, 6.45) is 0.547. The van der Waals surface area contributed by atoms with Gasteiger partial charge in [-0.1, -0.05) is 5.16 Å². The SMILES string of the molecule is CO/N=C(\C=O)c1ncsn1. The average molecular weight is 171 g/mol. The van der Waals surface area contributed by atoms with Crippen LogP contribution in [0.1, 0.15) is 5.82 Å². The molecule has 0 aliphatic carbocycles. The van der Waals surface area contributed by atoms with E-state index in [1.54, 1.807) is 0 Å². The van der Waals surface area contributed by atoms with Gasteiger partial charge in [-0.05, 0) is 11.5 Å². The van der Waals surface area contributed by atoms with Gasteiger partial charge < -0.3 is 4.84 Å². The number of hydrogen-bond donors (Lipinski definition) is 0. The number of aldehydes is 1. The largest absolute Gasteiger partial charge is 0.398 e. The Kier molecular flexibility index (Phi) is 2.67. The van der Waals surface area contributed by atoms with Crippen molar-refractivity contribution in [3.05, 3.63) is 11.3 Å². The number of rotatable bonds is 3. The summed E-state index contributed by atoms with van der Waals surface area (Å²) in [5.41, 5.74) is 1.62. The van der Waals surface area contributed by atoms with Gasteiger partial charge in [0, 0.05) is 0 Å². The van der Waals surface area contributed by atoms with Crippen LogP contribution in [-0.4, -0.2) is 28.5 Å². The Labute approximate surface area is 66.9 Å². The normalized spacial score (nSPS) is 11.2.